The monoisotopic (exact) mass is 411 g/mol. The van der Waals surface area contributed by atoms with E-state index in [0.717, 1.165) is 0 Å². The summed E-state index contributed by atoms with van der Waals surface area (Å²) in [7, 11) is 2.64. The smallest absolute Gasteiger partial charge is 0.217 e. The Bertz CT molecular complexity index is 509. The molecule has 12 heteroatoms. The van der Waals surface area contributed by atoms with Crippen LogP contribution >= 0.6 is 0 Å². The van der Waals surface area contributed by atoms with Crippen LogP contribution in [0.2, 0.25) is 0 Å². The van der Waals surface area contributed by atoms with Crippen LogP contribution in [0.25, 0.3) is 0 Å². The van der Waals surface area contributed by atoms with E-state index < -0.39 is 73.9 Å². The van der Waals surface area contributed by atoms with Crippen molar-refractivity contribution in [1.82, 2.24) is 5.32 Å². The lowest BCUT2D eigenvalue weighted by molar-refractivity contribution is -0.343. The van der Waals surface area contributed by atoms with Crippen LogP contribution in [0.5, 0.6) is 0 Å². The summed E-state index contributed by atoms with van der Waals surface area (Å²) >= 11 is 0. The van der Waals surface area contributed by atoms with Crippen molar-refractivity contribution in [3.05, 3.63) is 0 Å². The zero-order valence-corrected chi connectivity index (χ0v) is 15.9. The highest BCUT2D eigenvalue weighted by Gasteiger charge is 2.51. The fourth-order valence-corrected chi connectivity index (χ4v) is 3.38. The fourth-order valence-electron chi connectivity index (χ4n) is 3.38. The van der Waals surface area contributed by atoms with Crippen molar-refractivity contribution < 1.29 is 54.0 Å². The maximum Gasteiger partial charge on any atom is 0.217 e. The van der Waals surface area contributed by atoms with Crippen LogP contribution in [0.3, 0.4) is 0 Å². The van der Waals surface area contributed by atoms with E-state index in [2.05, 4.69) is 5.32 Å². The average molecular weight is 411 g/mol. The van der Waals surface area contributed by atoms with Crippen LogP contribution in [-0.4, -0.2) is 120 Å². The normalized spacial score (nSPS) is 44.3. The molecule has 2 aliphatic rings. The van der Waals surface area contributed by atoms with Gasteiger partial charge in [-0.15, -0.1) is 0 Å². The molecule has 28 heavy (non-hydrogen) atoms. The highest BCUT2D eigenvalue weighted by molar-refractivity contribution is 5.73. The summed E-state index contributed by atoms with van der Waals surface area (Å²) in [6, 6.07) is -1.18. The first kappa shape index (κ1) is 23.3. The van der Waals surface area contributed by atoms with Crippen LogP contribution < -0.4 is 5.32 Å². The maximum absolute atomic E-state index is 11.5. The first-order chi connectivity index (χ1) is 13.2. The topological polar surface area (TPSA) is 176 Å². The molecule has 10 atom stereocenters. The number of hydrogen-bond acceptors (Lipinski definition) is 11. The van der Waals surface area contributed by atoms with Gasteiger partial charge in [-0.2, -0.15) is 0 Å². The first-order valence-electron chi connectivity index (χ1n) is 8.83. The van der Waals surface area contributed by atoms with Gasteiger partial charge in [0.1, 0.15) is 48.8 Å². The second kappa shape index (κ2) is 10.2. The van der Waals surface area contributed by atoms with Gasteiger partial charge in [0.15, 0.2) is 12.6 Å². The van der Waals surface area contributed by atoms with E-state index >= 15 is 0 Å². The Morgan fingerprint density at radius 1 is 1.00 bits per heavy atom. The highest BCUT2D eigenvalue weighted by atomic mass is 16.7. The Labute approximate surface area is 161 Å². The third kappa shape index (κ3) is 4.97. The van der Waals surface area contributed by atoms with Gasteiger partial charge in [0.25, 0.3) is 0 Å². The van der Waals surface area contributed by atoms with Gasteiger partial charge < -0.3 is 54.5 Å². The summed E-state index contributed by atoms with van der Waals surface area (Å²) in [5, 5.41) is 53.2. The standard InChI is InChI=1S/C16H29NO11/c1-6(19)17-9-13(11(21)8(5-24-2)26-15(9)23)28-16-12(22)14(25-3)10(20)7(4-18)27-16/h7-16,18,20-23H,4-5H2,1-3H3,(H,17,19)/t7-,8-,9-,10+,11+,12-,13-,14+,15+,16+/m1/s1. The predicted octanol–water partition coefficient (Wildman–Crippen LogP) is -3.95. The molecule has 164 valence electrons. The van der Waals surface area contributed by atoms with Gasteiger partial charge in [0.2, 0.25) is 5.91 Å². The van der Waals surface area contributed by atoms with E-state index in [1.54, 1.807) is 0 Å². The molecule has 1 amide bonds. The molecule has 0 spiro atoms. The van der Waals surface area contributed by atoms with E-state index in [1.807, 2.05) is 0 Å². The Morgan fingerprint density at radius 2 is 1.64 bits per heavy atom. The van der Waals surface area contributed by atoms with Crippen LogP contribution in [0.4, 0.5) is 0 Å². The minimum absolute atomic E-state index is 0.0718. The molecule has 2 aliphatic heterocycles. The summed E-state index contributed by atoms with van der Waals surface area (Å²) in [5.41, 5.74) is 0. The van der Waals surface area contributed by atoms with Crippen molar-refractivity contribution in [1.29, 1.82) is 0 Å². The quantitative estimate of drug-likeness (QED) is 0.241. The first-order valence-corrected chi connectivity index (χ1v) is 8.83. The van der Waals surface area contributed by atoms with Gasteiger partial charge in [-0.3, -0.25) is 4.79 Å². The van der Waals surface area contributed by atoms with E-state index in [-0.39, 0.29) is 6.61 Å². The predicted molar refractivity (Wildman–Crippen MR) is 89.8 cm³/mol. The van der Waals surface area contributed by atoms with Crippen LogP contribution in [0, 0.1) is 0 Å². The molecule has 2 saturated heterocycles. The molecule has 0 bridgehead atoms. The van der Waals surface area contributed by atoms with Crippen LogP contribution in [0.15, 0.2) is 0 Å². The SMILES string of the molecule is COC[C@H]1O[C@H](O)[C@H](NC(C)=O)[C@@H](O[C@@H]2O[C@H](CO)[C@H](O)[C@H](OC)[C@H]2O)[C@H]1O. The van der Waals surface area contributed by atoms with Crippen molar-refractivity contribution >= 4 is 5.91 Å². The third-order valence-electron chi connectivity index (χ3n) is 4.78. The minimum atomic E-state index is -1.53. The molecule has 6 N–H and O–H groups in total. The molecule has 0 radical (unpaired) electrons. The van der Waals surface area contributed by atoms with Gasteiger partial charge in [0.05, 0.1) is 13.2 Å². The second-order valence-electron chi connectivity index (χ2n) is 6.75. The molecule has 2 heterocycles. The number of ether oxygens (including phenoxy) is 5. The molecule has 0 aliphatic carbocycles. The zero-order valence-electron chi connectivity index (χ0n) is 15.9. The van der Waals surface area contributed by atoms with Crippen molar-refractivity contribution in [2.75, 3.05) is 27.4 Å². The number of amides is 1. The summed E-state index contributed by atoms with van der Waals surface area (Å²) in [6.45, 7) is 0.564. The van der Waals surface area contributed by atoms with E-state index in [4.69, 9.17) is 23.7 Å². The van der Waals surface area contributed by atoms with Crippen molar-refractivity contribution in [3.63, 3.8) is 0 Å². The lowest BCUT2D eigenvalue weighted by atomic mass is 9.95. The summed E-state index contributed by atoms with van der Waals surface area (Å²) in [6.07, 6.45) is -11.6. The molecule has 2 rings (SSSR count). The van der Waals surface area contributed by atoms with Crippen LogP contribution in [-0.2, 0) is 28.5 Å². The lowest BCUT2D eigenvalue weighted by Crippen LogP contribution is -2.67. The number of nitrogens with one attached hydrogen (secondary N) is 1. The Balaban J connectivity index is 2.24. The second-order valence-corrected chi connectivity index (χ2v) is 6.75. The Hall–Kier alpha value is -0.930. The molecule has 12 nitrogen and oxygen atoms in total. The molecule has 0 unspecified atom stereocenters. The summed E-state index contributed by atoms with van der Waals surface area (Å²) in [4.78, 5) is 11.5. The van der Waals surface area contributed by atoms with Gasteiger partial charge in [0, 0.05) is 21.1 Å². The van der Waals surface area contributed by atoms with E-state index in [0.29, 0.717) is 0 Å². The summed E-state index contributed by atoms with van der Waals surface area (Å²) in [5.74, 6) is -0.512. The molecular formula is C16H29NO11. The van der Waals surface area contributed by atoms with Gasteiger partial charge in [-0.25, -0.2) is 0 Å². The zero-order chi connectivity index (χ0) is 21.0. The summed E-state index contributed by atoms with van der Waals surface area (Å²) < 4.78 is 26.4. The number of carbonyl (C=O) groups excluding carboxylic acids is 1. The van der Waals surface area contributed by atoms with Gasteiger partial charge >= 0.3 is 0 Å². The van der Waals surface area contributed by atoms with Gasteiger partial charge in [-0.1, -0.05) is 0 Å². The molecule has 0 saturated carbocycles. The Morgan fingerprint density at radius 3 is 2.18 bits per heavy atom. The average Bonchev–Trinajstić information content (AvgIpc) is 2.64. The number of rotatable bonds is 7. The number of hydrogen-bond donors (Lipinski definition) is 6. The minimum Gasteiger partial charge on any atom is -0.394 e. The number of methoxy groups -OCH3 is 2. The van der Waals surface area contributed by atoms with E-state index in [1.165, 1.54) is 21.1 Å². The highest BCUT2D eigenvalue weighted by Crippen LogP contribution is 2.29. The number of carbonyl (C=O) groups is 1. The third-order valence-corrected chi connectivity index (χ3v) is 4.78. The molecule has 0 aromatic rings. The lowest BCUT2D eigenvalue weighted by Gasteiger charge is -2.47. The fraction of sp³-hybridized carbons (Fsp3) is 0.938. The molecule has 2 fully saturated rings. The van der Waals surface area contributed by atoms with Gasteiger partial charge in [-0.05, 0) is 0 Å². The molecule has 0 aromatic heterocycles. The van der Waals surface area contributed by atoms with Crippen LogP contribution in [0.1, 0.15) is 6.92 Å². The molecular weight excluding hydrogens is 382 g/mol. The number of aliphatic hydroxyl groups excluding tert-OH is 5. The van der Waals surface area contributed by atoms with E-state index in [9.17, 15) is 30.3 Å². The van der Waals surface area contributed by atoms with Crippen molar-refractivity contribution in [2.24, 2.45) is 0 Å². The van der Waals surface area contributed by atoms with Crippen molar-refractivity contribution in [2.45, 2.75) is 68.3 Å². The largest absolute Gasteiger partial charge is 0.394 e. The maximum atomic E-state index is 11.5. The molecule has 0 aromatic carbocycles. The van der Waals surface area contributed by atoms with Crippen molar-refractivity contribution in [3.8, 4) is 0 Å². The number of aliphatic hydroxyl groups is 5. The Kier molecular flexibility index (Phi) is 8.51.